The predicted octanol–water partition coefficient (Wildman–Crippen LogP) is 4.45. The molecule has 0 aromatic heterocycles. The van der Waals surface area contributed by atoms with Crippen molar-refractivity contribution in [3.63, 3.8) is 0 Å². The largest absolute Gasteiger partial charge is 0.393 e. The van der Waals surface area contributed by atoms with E-state index in [9.17, 15) is 5.11 Å². The van der Waals surface area contributed by atoms with Gasteiger partial charge < -0.3 is 9.84 Å². The van der Waals surface area contributed by atoms with Crippen molar-refractivity contribution < 1.29 is 9.84 Å². The lowest BCUT2D eigenvalue weighted by molar-refractivity contribution is -0.135. The van der Waals surface area contributed by atoms with E-state index in [1.54, 1.807) is 0 Å². The average Bonchev–Trinajstić information content (AvgIpc) is 2.49. The third kappa shape index (κ3) is 3.57. The van der Waals surface area contributed by atoms with Crippen molar-refractivity contribution in [1.82, 2.24) is 0 Å². The van der Waals surface area contributed by atoms with Gasteiger partial charge in [0, 0.05) is 6.61 Å². The normalized spacial score (nSPS) is 33.1. The lowest BCUT2D eigenvalue weighted by Gasteiger charge is -2.45. The molecule has 1 aliphatic heterocycles. The van der Waals surface area contributed by atoms with Crippen LogP contribution in [0.25, 0.3) is 0 Å². The second-order valence-corrected chi connectivity index (χ2v) is 7.65. The van der Waals surface area contributed by atoms with Gasteiger partial charge in [0.25, 0.3) is 0 Å². The van der Waals surface area contributed by atoms with Crippen LogP contribution in [0.1, 0.15) is 83.5 Å². The van der Waals surface area contributed by atoms with Crippen LogP contribution in [0, 0.1) is 11.8 Å². The van der Waals surface area contributed by atoms with E-state index in [2.05, 4.69) is 0 Å². The Labute approximate surface area is 124 Å². The lowest BCUT2D eigenvalue weighted by atomic mass is 9.73. The number of aliphatic hydroxyl groups excluding tert-OH is 1. The quantitative estimate of drug-likeness (QED) is 0.827. The molecule has 0 aromatic rings. The zero-order valence-corrected chi connectivity index (χ0v) is 13.0. The van der Waals surface area contributed by atoms with E-state index in [4.69, 9.17) is 4.74 Å². The highest BCUT2D eigenvalue weighted by molar-refractivity contribution is 4.91. The molecule has 0 radical (unpaired) electrons. The molecule has 0 bridgehead atoms. The molecule has 2 atom stereocenters. The molecule has 20 heavy (non-hydrogen) atoms. The van der Waals surface area contributed by atoms with Crippen molar-refractivity contribution in [3.05, 3.63) is 0 Å². The van der Waals surface area contributed by atoms with Crippen LogP contribution < -0.4 is 0 Å². The van der Waals surface area contributed by atoms with Gasteiger partial charge in [-0.05, 0) is 43.9 Å². The summed E-state index contributed by atoms with van der Waals surface area (Å²) in [4.78, 5) is 0. The minimum atomic E-state index is -0.0687. The second-order valence-electron chi connectivity index (χ2n) is 7.65. The fourth-order valence-corrected chi connectivity index (χ4v) is 4.90. The van der Waals surface area contributed by atoms with E-state index in [-0.39, 0.29) is 11.7 Å². The first-order valence-electron chi connectivity index (χ1n) is 9.09. The van der Waals surface area contributed by atoms with Crippen LogP contribution in [0.2, 0.25) is 0 Å². The maximum atomic E-state index is 10.7. The van der Waals surface area contributed by atoms with Gasteiger partial charge in [-0.1, -0.05) is 51.4 Å². The first-order chi connectivity index (χ1) is 9.77. The Hall–Kier alpha value is -0.0800. The Balaban J connectivity index is 1.52. The highest BCUT2D eigenvalue weighted by atomic mass is 16.5. The summed E-state index contributed by atoms with van der Waals surface area (Å²) < 4.78 is 6.17. The fraction of sp³-hybridized carbons (Fsp3) is 1.00. The number of hydrogen-bond donors (Lipinski definition) is 1. The third-order valence-electron chi connectivity index (χ3n) is 6.14. The summed E-state index contributed by atoms with van der Waals surface area (Å²) in [5, 5.41) is 10.7. The first-order valence-corrected chi connectivity index (χ1v) is 9.09. The van der Waals surface area contributed by atoms with Gasteiger partial charge in [-0.25, -0.2) is 0 Å². The molecular weight excluding hydrogens is 248 g/mol. The van der Waals surface area contributed by atoms with Gasteiger partial charge in [0.05, 0.1) is 11.7 Å². The molecule has 116 valence electrons. The smallest absolute Gasteiger partial charge is 0.0686 e. The zero-order chi connectivity index (χ0) is 13.8. The van der Waals surface area contributed by atoms with E-state index in [1.807, 2.05) is 0 Å². The molecule has 0 amide bonds. The summed E-state index contributed by atoms with van der Waals surface area (Å²) in [5.41, 5.74) is 0.148. The van der Waals surface area contributed by atoms with Crippen molar-refractivity contribution in [2.75, 3.05) is 6.61 Å². The maximum absolute atomic E-state index is 10.7. The summed E-state index contributed by atoms with van der Waals surface area (Å²) >= 11 is 0. The molecule has 1 spiro atoms. The number of rotatable bonds is 3. The van der Waals surface area contributed by atoms with Crippen molar-refractivity contribution in [2.24, 2.45) is 11.8 Å². The molecule has 3 fully saturated rings. The SMILES string of the molecule is OC(CC1CCCCC1)C1CCOC2(CCCCC2)C1. The molecule has 3 aliphatic rings. The maximum Gasteiger partial charge on any atom is 0.0686 e. The number of hydrogen-bond acceptors (Lipinski definition) is 2. The summed E-state index contributed by atoms with van der Waals surface area (Å²) in [6, 6.07) is 0. The highest BCUT2D eigenvalue weighted by Crippen LogP contribution is 2.42. The van der Waals surface area contributed by atoms with E-state index in [0.29, 0.717) is 5.92 Å². The summed E-state index contributed by atoms with van der Waals surface area (Å²) in [6.07, 6.45) is 16.6. The number of ether oxygens (including phenoxy) is 1. The molecule has 1 saturated heterocycles. The molecule has 1 heterocycles. The van der Waals surface area contributed by atoms with Crippen LogP contribution >= 0.6 is 0 Å². The molecule has 2 heteroatoms. The Morgan fingerprint density at radius 3 is 2.40 bits per heavy atom. The van der Waals surface area contributed by atoms with Gasteiger partial charge >= 0.3 is 0 Å². The van der Waals surface area contributed by atoms with Crippen molar-refractivity contribution >= 4 is 0 Å². The highest BCUT2D eigenvalue weighted by Gasteiger charge is 2.40. The van der Waals surface area contributed by atoms with Crippen LogP contribution in [0.15, 0.2) is 0 Å². The molecular formula is C18H32O2. The summed E-state index contributed by atoms with van der Waals surface area (Å²) in [5.74, 6) is 1.30. The minimum Gasteiger partial charge on any atom is -0.393 e. The van der Waals surface area contributed by atoms with Gasteiger partial charge in [0.1, 0.15) is 0 Å². The Morgan fingerprint density at radius 2 is 1.65 bits per heavy atom. The lowest BCUT2D eigenvalue weighted by Crippen LogP contribution is -2.44. The summed E-state index contributed by atoms with van der Waals surface area (Å²) in [6.45, 7) is 0.881. The van der Waals surface area contributed by atoms with Crippen LogP contribution in [-0.4, -0.2) is 23.4 Å². The van der Waals surface area contributed by atoms with Gasteiger partial charge in [0.15, 0.2) is 0 Å². The predicted molar refractivity (Wildman–Crippen MR) is 81.7 cm³/mol. The second kappa shape index (κ2) is 6.79. The van der Waals surface area contributed by atoms with Crippen molar-refractivity contribution in [1.29, 1.82) is 0 Å². The number of aliphatic hydroxyl groups is 1. The van der Waals surface area contributed by atoms with Gasteiger partial charge in [0.2, 0.25) is 0 Å². The molecule has 3 rings (SSSR count). The monoisotopic (exact) mass is 280 g/mol. The first kappa shape index (κ1) is 14.8. The van der Waals surface area contributed by atoms with Crippen LogP contribution in [0.5, 0.6) is 0 Å². The molecule has 2 aliphatic carbocycles. The standard InChI is InChI=1S/C18H32O2/c19-17(13-15-7-3-1-4-8-15)16-9-12-20-18(14-16)10-5-2-6-11-18/h15-17,19H,1-14H2. The Bertz CT molecular complexity index is 284. The Morgan fingerprint density at radius 1 is 0.950 bits per heavy atom. The van der Waals surface area contributed by atoms with Gasteiger partial charge in [-0.2, -0.15) is 0 Å². The van der Waals surface area contributed by atoms with E-state index in [1.165, 1.54) is 64.2 Å². The topological polar surface area (TPSA) is 29.5 Å². The van der Waals surface area contributed by atoms with Gasteiger partial charge in [-0.15, -0.1) is 0 Å². The Kier molecular flexibility index (Phi) is 5.04. The molecule has 2 saturated carbocycles. The van der Waals surface area contributed by atoms with E-state index in [0.717, 1.165) is 31.8 Å². The molecule has 0 aromatic carbocycles. The minimum absolute atomic E-state index is 0.0687. The summed E-state index contributed by atoms with van der Waals surface area (Å²) in [7, 11) is 0. The zero-order valence-electron chi connectivity index (χ0n) is 13.0. The van der Waals surface area contributed by atoms with Crippen LogP contribution in [0.4, 0.5) is 0 Å². The van der Waals surface area contributed by atoms with Gasteiger partial charge in [-0.3, -0.25) is 0 Å². The van der Waals surface area contributed by atoms with Crippen molar-refractivity contribution in [2.45, 2.75) is 95.2 Å². The fourth-order valence-electron chi connectivity index (χ4n) is 4.90. The van der Waals surface area contributed by atoms with Crippen LogP contribution in [0.3, 0.4) is 0 Å². The van der Waals surface area contributed by atoms with Crippen molar-refractivity contribution in [3.8, 4) is 0 Å². The molecule has 2 nitrogen and oxygen atoms in total. The van der Waals surface area contributed by atoms with E-state index < -0.39 is 0 Å². The third-order valence-corrected chi connectivity index (χ3v) is 6.14. The van der Waals surface area contributed by atoms with Crippen LogP contribution in [-0.2, 0) is 4.74 Å². The van der Waals surface area contributed by atoms with E-state index >= 15 is 0 Å². The average molecular weight is 280 g/mol. The molecule has 2 unspecified atom stereocenters. The molecule has 1 N–H and O–H groups in total.